The fraction of sp³-hybridized carbons (Fsp3) is 0.364. The lowest BCUT2D eigenvalue weighted by atomic mass is 10.4. The van der Waals surface area contributed by atoms with E-state index in [0.29, 0.717) is 0 Å². The highest BCUT2D eigenvalue weighted by Gasteiger charge is 2.07. The van der Waals surface area contributed by atoms with E-state index in [0.717, 1.165) is 30.4 Å². The Labute approximate surface area is 94.6 Å². The molecule has 0 saturated carbocycles. The number of anilines is 1. The van der Waals surface area contributed by atoms with E-state index in [1.807, 2.05) is 19.2 Å². The number of aromatic amines is 1. The second kappa shape index (κ2) is 4.74. The lowest BCUT2D eigenvalue weighted by molar-refractivity contribution is 0.790. The van der Waals surface area contributed by atoms with Crippen LogP contribution in [0, 0.1) is 6.92 Å². The molecule has 2 rings (SSSR count). The number of nitrogens with one attached hydrogen (secondary N) is 1. The van der Waals surface area contributed by atoms with Gasteiger partial charge in [0, 0.05) is 18.9 Å². The van der Waals surface area contributed by atoms with Crippen molar-refractivity contribution in [3.8, 4) is 0 Å². The highest BCUT2D eigenvalue weighted by Crippen LogP contribution is 2.12. The van der Waals surface area contributed by atoms with Gasteiger partial charge in [-0.3, -0.25) is 0 Å². The number of hydrogen-bond acceptors (Lipinski definition) is 4. The van der Waals surface area contributed by atoms with Crippen LogP contribution in [0.1, 0.15) is 18.4 Å². The van der Waals surface area contributed by atoms with E-state index in [4.69, 9.17) is 0 Å². The fourth-order valence-electron chi connectivity index (χ4n) is 1.55. The number of aryl methyl sites for hydroxylation is 1. The Balaban J connectivity index is 2.16. The second-order valence-electron chi connectivity index (χ2n) is 3.55. The standard InChI is InChI=1S/C11H15N5/c1-3-16(7-10-6-12-8-14-10)11-4-5-13-9(2)15-11/h4-6,8H,3,7H2,1-2H3,(H,12,14). The van der Waals surface area contributed by atoms with Gasteiger partial charge in [-0.05, 0) is 19.9 Å². The summed E-state index contributed by atoms with van der Waals surface area (Å²) in [6.07, 6.45) is 5.30. The molecule has 1 N–H and O–H groups in total. The van der Waals surface area contributed by atoms with E-state index < -0.39 is 0 Å². The predicted octanol–water partition coefficient (Wildman–Crippen LogP) is 1.53. The predicted molar refractivity (Wildman–Crippen MR) is 62.1 cm³/mol. The molecule has 0 aliphatic rings. The minimum atomic E-state index is 0.785. The molecule has 2 aromatic heterocycles. The van der Waals surface area contributed by atoms with E-state index in [2.05, 4.69) is 31.8 Å². The monoisotopic (exact) mass is 217 g/mol. The van der Waals surface area contributed by atoms with Crippen molar-refractivity contribution in [3.63, 3.8) is 0 Å². The molecule has 5 nitrogen and oxygen atoms in total. The molecule has 0 fully saturated rings. The molecule has 0 saturated heterocycles. The average Bonchev–Trinajstić information content (AvgIpc) is 2.78. The molecule has 16 heavy (non-hydrogen) atoms. The number of H-pyrrole nitrogens is 1. The highest BCUT2D eigenvalue weighted by atomic mass is 15.2. The van der Waals surface area contributed by atoms with Gasteiger partial charge in [0.1, 0.15) is 11.6 Å². The Hall–Kier alpha value is -1.91. The quantitative estimate of drug-likeness (QED) is 0.843. The molecule has 0 unspecified atom stereocenters. The number of rotatable bonds is 4. The Morgan fingerprint density at radius 3 is 2.94 bits per heavy atom. The second-order valence-corrected chi connectivity index (χ2v) is 3.55. The molecule has 0 spiro atoms. The summed E-state index contributed by atoms with van der Waals surface area (Å²) < 4.78 is 0. The van der Waals surface area contributed by atoms with Crippen molar-refractivity contribution < 1.29 is 0 Å². The first-order valence-electron chi connectivity index (χ1n) is 5.31. The number of imidazole rings is 1. The van der Waals surface area contributed by atoms with Crippen LogP contribution in [0.3, 0.4) is 0 Å². The summed E-state index contributed by atoms with van der Waals surface area (Å²) in [4.78, 5) is 17.8. The van der Waals surface area contributed by atoms with Crippen molar-refractivity contribution in [2.24, 2.45) is 0 Å². The van der Waals surface area contributed by atoms with Crippen LogP contribution < -0.4 is 4.90 Å². The van der Waals surface area contributed by atoms with Gasteiger partial charge in [-0.25, -0.2) is 15.0 Å². The van der Waals surface area contributed by atoms with Gasteiger partial charge in [0.15, 0.2) is 0 Å². The summed E-state index contributed by atoms with van der Waals surface area (Å²) in [6, 6.07) is 1.92. The maximum atomic E-state index is 4.41. The summed E-state index contributed by atoms with van der Waals surface area (Å²) in [6.45, 7) is 5.68. The van der Waals surface area contributed by atoms with Gasteiger partial charge in [-0.15, -0.1) is 0 Å². The van der Waals surface area contributed by atoms with Crippen LogP contribution in [-0.2, 0) is 6.54 Å². The van der Waals surface area contributed by atoms with Gasteiger partial charge >= 0.3 is 0 Å². The zero-order valence-corrected chi connectivity index (χ0v) is 9.51. The Morgan fingerprint density at radius 1 is 1.44 bits per heavy atom. The normalized spacial score (nSPS) is 10.4. The van der Waals surface area contributed by atoms with Crippen LogP contribution in [0.4, 0.5) is 5.82 Å². The van der Waals surface area contributed by atoms with Crippen LogP contribution in [-0.4, -0.2) is 26.5 Å². The molecule has 0 aromatic carbocycles. The molecule has 84 valence electrons. The molecule has 2 heterocycles. The minimum absolute atomic E-state index is 0.785. The lowest BCUT2D eigenvalue weighted by Crippen LogP contribution is -2.23. The third kappa shape index (κ3) is 2.36. The first-order chi connectivity index (χ1) is 7.79. The van der Waals surface area contributed by atoms with Crippen LogP contribution in [0.5, 0.6) is 0 Å². The molecule has 0 bridgehead atoms. The first kappa shape index (κ1) is 10.6. The molecule has 5 heteroatoms. The van der Waals surface area contributed by atoms with E-state index in [1.165, 1.54) is 0 Å². The summed E-state index contributed by atoms with van der Waals surface area (Å²) in [5.74, 6) is 1.74. The van der Waals surface area contributed by atoms with E-state index in [-0.39, 0.29) is 0 Å². The summed E-state index contributed by atoms with van der Waals surface area (Å²) >= 11 is 0. The molecule has 0 aliphatic carbocycles. The maximum absolute atomic E-state index is 4.41. The summed E-state index contributed by atoms with van der Waals surface area (Å²) in [5.41, 5.74) is 1.08. The van der Waals surface area contributed by atoms with Crippen LogP contribution in [0.15, 0.2) is 24.8 Å². The Kier molecular flexibility index (Phi) is 3.14. The molecular weight excluding hydrogens is 202 g/mol. The van der Waals surface area contributed by atoms with Crippen LogP contribution in [0.25, 0.3) is 0 Å². The first-order valence-corrected chi connectivity index (χ1v) is 5.31. The third-order valence-electron chi connectivity index (χ3n) is 2.38. The van der Waals surface area contributed by atoms with Gasteiger partial charge in [0.25, 0.3) is 0 Å². The Bertz CT molecular complexity index is 437. The fourth-order valence-corrected chi connectivity index (χ4v) is 1.55. The minimum Gasteiger partial charge on any atom is -0.351 e. The molecule has 0 atom stereocenters. The van der Waals surface area contributed by atoms with Crippen LogP contribution >= 0.6 is 0 Å². The van der Waals surface area contributed by atoms with Crippen molar-refractivity contribution in [1.82, 2.24) is 19.9 Å². The topological polar surface area (TPSA) is 57.7 Å². The van der Waals surface area contributed by atoms with Crippen molar-refractivity contribution in [2.45, 2.75) is 20.4 Å². The molecule has 0 amide bonds. The maximum Gasteiger partial charge on any atom is 0.132 e. The SMILES string of the molecule is CCN(Cc1cnc[nH]1)c1ccnc(C)n1. The van der Waals surface area contributed by atoms with Gasteiger partial charge in [0.2, 0.25) is 0 Å². The smallest absolute Gasteiger partial charge is 0.132 e. The molecule has 0 aliphatic heterocycles. The van der Waals surface area contributed by atoms with E-state index in [1.54, 1.807) is 12.5 Å². The van der Waals surface area contributed by atoms with E-state index in [9.17, 15) is 0 Å². The molecular formula is C11H15N5. The molecule has 0 radical (unpaired) electrons. The largest absolute Gasteiger partial charge is 0.351 e. The van der Waals surface area contributed by atoms with Crippen molar-refractivity contribution >= 4 is 5.82 Å². The van der Waals surface area contributed by atoms with Gasteiger partial charge in [-0.2, -0.15) is 0 Å². The average molecular weight is 217 g/mol. The Morgan fingerprint density at radius 2 is 2.31 bits per heavy atom. The zero-order chi connectivity index (χ0) is 11.4. The van der Waals surface area contributed by atoms with Crippen LogP contribution in [0.2, 0.25) is 0 Å². The van der Waals surface area contributed by atoms with Crippen molar-refractivity contribution in [1.29, 1.82) is 0 Å². The summed E-state index contributed by atoms with van der Waals surface area (Å²) in [7, 11) is 0. The van der Waals surface area contributed by atoms with Gasteiger partial charge in [-0.1, -0.05) is 0 Å². The number of aromatic nitrogens is 4. The van der Waals surface area contributed by atoms with Crippen molar-refractivity contribution in [3.05, 3.63) is 36.3 Å². The van der Waals surface area contributed by atoms with E-state index >= 15 is 0 Å². The number of nitrogens with zero attached hydrogens (tertiary/aromatic N) is 4. The summed E-state index contributed by atoms with van der Waals surface area (Å²) in [5, 5.41) is 0. The zero-order valence-electron chi connectivity index (χ0n) is 9.51. The third-order valence-corrected chi connectivity index (χ3v) is 2.38. The van der Waals surface area contributed by atoms with Crippen molar-refractivity contribution in [2.75, 3.05) is 11.4 Å². The number of hydrogen-bond donors (Lipinski definition) is 1. The van der Waals surface area contributed by atoms with Gasteiger partial charge in [0.05, 0.1) is 18.6 Å². The lowest BCUT2D eigenvalue weighted by Gasteiger charge is -2.20. The molecule has 2 aromatic rings. The van der Waals surface area contributed by atoms with Gasteiger partial charge < -0.3 is 9.88 Å². The highest BCUT2D eigenvalue weighted by molar-refractivity contribution is 5.37.